The molecule has 0 radical (unpaired) electrons. The molecule has 0 aliphatic heterocycles. The fourth-order valence-electron chi connectivity index (χ4n) is 3.17. The molecule has 0 spiro atoms. The average molecular weight is 425 g/mol. The number of pyridine rings is 1. The zero-order valence-electron chi connectivity index (χ0n) is 17.7. The van der Waals surface area contributed by atoms with E-state index < -0.39 is 0 Å². The van der Waals surface area contributed by atoms with Crippen molar-refractivity contribution >= 4 is 23.4 Å². The van der Waals surface area contributed by atoms with Crippen molar-refractivity contribution in [1.29, 1.82) is 0 Å². The number of hydrogen-bond donors (Lipinski definition) is 3. The summed E-state index contributed by atoms with van der Waals surface area (Å²) in [4.78, 5) is 25.1. The van der Waals surface area contributed by atoms with Crippen molar-refractivity contribution in [2.45, 2.75) is 6.92 Å². The van der Waals surface area contributed by atoms with Crippen LogP contribution in [0.4, 0.5) is 17.5 Å². The van der Waals surface area contributed by atoms with Gasteiger partial charge in [0.05, 0.1) is 0 Å². The molecule has 160 valence electrons. The van der Waals surface area contributed by atoms with Gasteiger partial charge in [-0.25, -0.2) is 15.0 Å². The number of benzene rings is 2. The summed E-state index contributed by atoms with van der Waals surface area (Å²) in [5.74, 6) is 1.92. The fourth-order valence-corrected chi connectivity index (χ4v) is 3.17. The lowest BCUT2D eigenvalue weighted by Crippen LogP contribution is -2.28. The number of nitrogens with one attached hydrogen (secondary N) is 3. The molecule has 2 aromatic carbocycles. The molecule has 7 heteroatoms. The summed E-state index contributed by atoms with van der Waals surface area (Å²) >= 11 is 0. The number of hydrogen-bond acceptors (Lipinski definition) is 6. The SMILES string of the molecule is Cc1ccnc(Nc2cc(NCCNC(=O)c3ccc(-c4ccccc4)cc3)ncn2)c1. The molecule has 0 unspecified atom stereocenters. The van der Waals surface area contributed by atoms with Gasteiger partial charge in [0.1, 0.15) is 23.8 Å². The molecule has 4 rings (SSSR count). The van der Waals surface area contributed by atoms with E-state index in [1.807, 2.05) is 73.7 Å². The van der Waals surface area contributed by atoms with Crippen molar-refractivity contribution < 1.29 is 4.79 Å². The lowest BCUT2D eigenvalue weighted by Gasteiger charge is -2.10. The first-order chi connectivity index (χ1) is 15.7. The van der Waals surface area contributed by atoms with Crippen LogP contribution in [0, 0.1) is 6.92 Å². The van der Waals surface area contributed by atoms with Crippen LogP contribution in [0.5, 0.6) is 0 Å². The smallest absolute Gasteiger partial charge is 0.251 e. The van der Waals surface area contributed by atoms with Gasteiger partial charge < -0.3 is 16.0 Å². The standard InChI is InChI=1S/C25H24N6O/c1-18-11-12-26-23(15-18)31-24-16-22(29-17-30-24)27-13-14-28-25(32)21-9-7-20(8-10-21)19-5-3-2-4-6-19/h2-12,15-17H,13-14H2,1H3,(H,28,32)(H2,26,27,29,30,31). The largest absolute Gasteiger partial charge is 0.368 e. The molecule has 4 aromatic rings. The van der Waals surface area contributed by atoms with Crippen molar-refractivity contribution in [3.05, 3.63) is 96.4 Å². The summed E-state index contributed by atoms with van der Waals surface area (Å²) in [5, 5.41) is 9.27. The highest BCUT2D eigenvalue weighted by Gasteiger charge is 2.06. The predicted molar refractivity (Wildman–Crippen MR) is 127 cm³/mol. The van der Waals surface area contributed by atoms with E-state index in [0.717, 1.165) is 22.5 Å². The van der Waals surface area contributed by atoms with Crippen LogP contribution in [0.15, 0.2) is 85.3 Å². The summed E-state index contributed by atoms with van der Waals surface area (Å²) in [6.07, 6.45) is 3.23. The Labute approximate surface area is 187 Å². The van der Waals surface area contributed by atoms with E-state index in [1.54, 1.807) is 12.3 Å². The quantitative estimate of drug-likeness (QED) is 0.362. The Bertz CT molecular complexity index is 1180. The van der Waals surface area contributed by atoms with Crippen LogP contribution in [0.2, 0.25) is 0 Å². The van der Waals surface area contributed by atoms with Crippen molar-refractivity contribution in [3.63, 3.8) is 0 Å². The number of carbonyl (C=O) groups excluding carboxylic acids is 1. The van der Waals surface area contributed by atoms with E-state index in [4.69, 9.17) is 0 Å². The van der Waals surface area contributed by atoms with Gasteiger partial charge in [-0.05, 0) is 47.9 Å². The summed E-state index contributed by atoms with van der Waals surface area (Å²) in [6.45, 7) is 3.00. The van der Waals surface area contributed by atoms with Crippen molar-refractivity contribution in [1.82, 2.24) is 20.3 Å². The fraction of sp³-hybridized carbons (Fsp3) is 0.120. The second-order valence-electron chi connectivity index (χ2n) is 7.26. The maximum atomic E-state index is 12.4. The number of anilines is 3. The lowest BCUT2D eigenvalue weighted by molar-refractivity contribution is 0.0955. The Balaban J connectivity index is 1.26. The highest BCUT2D eigenvalue weighted by atomic mass is 16.1. The van der Waals surface area contributed by atoms with Crippen molar-refractivity contribution in [2.75, 3.05) is 23.7 Å². The van der Waals surface area contributed by atoms with Gasteiger partial charge in [-0.2, -0.15) is 0 Å². The van der Waals surface area contributed by atoms with Gasteiger partial charge in [0.25, 0.3) is 5.91 Å². The molecule has 2 heterocycles. The lowest BCUT2D eigenvalue weighted by atomic mass is 10.0. The summed E-state index contributed by atoms with van der Waals surface area (Å²) in [6, 6.07) is 23.4. The van der Waals surface area contributed by atoms with Gasteiger partial charge >= 0.3 is 0 Å². The van der Waals surface area contributed by atoms with Crippen LogP contribution in [-0.4, -0.2) is 33.9 Å². The second kappa shape index (κ2) is 10.2. The molecule has 2 aromatic heterocycles. The van der Waals surface area contributed by atoms with Crippen LogP contribution in [0.3, 0.4) is 0 Å². The summed E-state index contributed by atoms with van der Waals surface area (Å²) in [5.41, 5.74) is 3.95. The second-order valence-corrected chi connectivity index (χ2v) is 7.26. The van der Waals surface area contributed by atoms with Gasteiger partial charge in [0, 0.05) is 30.9 Å². The number of rotatable bonds is 8. The van der Waals surface area contributed by atoms with E-state index >= 15 is 0 Å². The molecule has 3 N–H and O–H groups in total. The maximum absolute atomic E-state index is 12.4. The van der Waals surface area contributed by atoms with E-state index in [2.05, 4.69) is 30.9 Å². The van der Waals surface area contributed by atoms with Crippen LogP contribution >= 0.6 is 0 Å². The molecule has 0 aliphatic carbocycles. The molecule has 0 saturated carbocycles. The Kier molecular flexibility index (Phi) is 6.67. The third kappa shape index (κ3) is 5.66. The minimum absolute atomic E-state index is 0.109. The first kappa shape index (κ1) is 21.0. The van der Waals surface area contributed by atoms with E-state index in [0.29, 0.717) is 30.3 Å². The van der Waals surface area contributed by atoms with Crippen LogP contribution in [0.1, 0.15) is 15.9 Å². The van der Waals surface area contributed by atoms with Gasteiger partial charge in [0.15, 0.2) is 0 Å². The number of carbonyl (C=O) groups is 1. The monoisotopic (exact) mass is 424 g/mol. The highest BCUT2D eigenvalue weighted by molar-refractivity contribution is 5.94. The van der Waals surface area contributed by atoms with E-state index in [9.17, 15) is 4.79 Å². The van der Waals surface area contributed by atoms with Crippen LogP contribution in [-0.2, 0) is 0 Å². The number of aryl methyl sites for hydroxylation is 1. The highest BCUT2D eigenvalue weighted by Crippen LogP contribution is 2.19. The third-order valence-corrected chi connectivity index (χ3v) is 4.81. The Morgan fingerprint density at radius 1 is 0.781 bits per heavy atom. The average Bonchev–Trinajstić information content (AvgIpc) is 2.83. The first-order valence-electron chi connectivity index (χ1n) is 10.4. The molecule has 0 fully saturated rings. The van der Waals surface area contributed by atoms with Crippen molar-refractivity contribution in [3.8, 4) is 11.1 Å². The molecule has 0 saturated heterocycles. The zero-order chi connectivity index (χ0) is 22.2. The van der Waals surface area contributed by atoms with Crippen LogP contribution < -0.4 is 16.0 Å². The first-order valence-corrected chi connectivity index (χ1v) is 10.4. The molecule has 32 heavy (non-hydrogen) atoms. The van der Waals surface area contributed by atoms with Gasteiger partial charge in [-0.3, -0.25) is 4.79 Å². The van der Waals surface area contributed by atoms with Gasteiger partial charge in [-0.1, -0.05) is 42.5 Å². The van der Waals surface area contributed by atoms with Crippen LogP contribution in [0.25, 0.3) is 11.1 Å². The molecular formula is C25H24N6O. The molecular weight excluding hydrogens is 400 g/mol. The topological polar surface area (TPSA) is 91.8 Å². The van der Waals surface area contributed by atoms with Gasteiger partial charge in [-0.15, -0.1) is 0 Å². The van der Waals surface area contributed by atoms with E-state index in [-0.39, 0.29) is 5.91 Å². The number of amides is 1. The third-order valence-electron chi connectivity index (χ3n) is 4.81. The summed E-state index contributed by atoms with van der Waals surface area (Å²) < 4.78 is 0. The van der Waals surface area contributed by atoms with E-state index in [1.165, 1.54) is 6.33 Å². The van der Waals surface area contributed by atoms with Gasteiger partial charge in [0.2, 0.25) is 0 Å². The Morgan fingerprint density at radius 3 is 2.28 bits per heavy atom. The maximum Gasteiger partial charge on any atom is 0.251 e. The number of aromatic nitrogens is 3. The molecule has 0 aliphatic rings. The minimum atomic E-state index is -0.109. The minimum Gasteiger partial charge on any atom is -0.368 e. The van der Waals surface area contributed by atoms with Crippen molar-refractivity contribution in [2.24, 2.45) is 0 Å². The molecule has 0 atom stereocenters. The normalized spacial score (nSPS) is 10.4. The number of nitrogens with zero attached hydrogens (tertiary/aromatic N) is 3. The molecule has 7 nitrogen and oxygen atoms in total. The summed E-state index contributed by atoms with van der Waals surface area (Å²) in [7, 11) is 0. The molecule has 1 amide bonds. The zero-order valence-corrected chi connectivity index (χ0v) is 17.7. The molecule has 0 bridgehead atoms. The predicted octanol–water partition coefficient (Wildman–Crippen LogP) is 4.43. The Morgan fingerprint density at radius 2 is 1.50 bits per heavy atom. The Hall–Kier alpha value is -4.26.